The molecule has 0 atom stereocenters. The summed E-state index contributed by atoms with van der Waals surface area (Å²) in [6.45, 7) is 8.69. The van der Waals surface area contributed by atoms with Crippen molar-refractivity contribution in [2.45, 2.75) is 57.7 Å². The Morgan fingerprint density at radius 2 is 1.54 bits per heavy atom. The summed E-state index contributed by atoms with van der Waals surface area (Å²) in [6.07, 6.45) is 1.74. The van der Waals surface area contributed by atoms with Crippen LogP contribution in [0.25, 0.3) is 0 Å². The second-order valence-corrected chi connectivity index (χ2v) is 5.35. The second-order valence-electron chi connectivity index (χ2n) is 5.35. The fraction of sp³-hybridized carbons (Fsp3) is 1.00. The predicted octanol–water partition coefficient (Wildman–Crippen LogP) is 2.40. The zero-order valence-corrected chi connectivity index (χ0v) is 9.29. The number of hydrogen-bond acceptors (Lipinski definition) is 3. The van der Waals surface area contributed by atoms with Gasteiger partial charge in [0.05, 0.1) is 6.04 Å². The summed E-state index contributed by atoms with van der Waals surface area (Å²) in [5.74, 6) is 0. The molecule has 3 nitrogen and oxygen atoms in total. The molecule has 1 rings (SSSR count). The van der Waals surface area contributed by atoms with Crippen LogP contribution < -0.4 is 0 Å². The van der Waals surface area contributed by atoms with E-state index in [0.717, 1.165) is 12.8 Å². The van der Waals surface area contributed by atoms with Gasteiger partial charge in [-0.1, -0.05) is 5.18 Å². The molecule has 0 unspecified atom stereocenters. The highest BCUT2D eigenvalue weighted by molar-refractivity contribution is 5.00. The largest absolute Gasteiger partial charge is 0.296 e. The Kier molecular flexibility index (Phi) is 2.50. The molecule has 1 saturated heterocycles. The Hall–Kier alpha value is -0.440. The smallest absolute Gasteiger partial charge is 0.0954 e. The van der Waals surface area contributed by atoms with Crippen LogP contribution in [-0.4, -0.2) is 29.1 Å². The summed E-state index contributed by atoms with van der Waals surface area (Å²) in [7, 11) is 2.13. The zero-order valence-electron chi connectivity index (χ0n) is 9.29. The van der Waals surface area contributed by atoms with E-state index in [-0.39, 0.29) is 17.1 Å². The van der Waals surface area contributed by atoms with Crippen LogP contribution in [0.15, 0.2) is 5.18 Å². The minimum absolute atomic E-state index is 0.0128. The Morgan fingerprint density at radius 3 is 1.85 bits per heavy atom. The van der Waals surface area contributed by atoms with E-state index >= 15 is 0 Å². The topological polar surface area (TPSA) is 32.7 Å². The van der Waals surface area contributed by atoms with Crippen molar-refractivity contribution in [3.8, 4) is 0 Å². The van der Waals surface area contributed by atoms with Gasteiger partial charge in [-0.25, -0.2) is 0 Å². The molecule has 3 heteroatoms. The van der Waals surface area contributed by atoms with E-state index in [1.165, 1.54) is 0 Å². The molecule has 0 aliphatic carbocycles. The summed E-state index contributed by atoms with van der Waals surface area (Å²) in [5.41, 5.74) is 0.167. The van der Waals surface area contributed by atoms with Crippen LogP contribution in [0.1, 0.15) is 40.5 Å². The number of nitroso groups, excluding NO2 is 1. The molecule has 0 bridgehead atoms. The first-order valence-corrected chi connectivity index (χ1v) is 4.86. The van der Waals surface area contributed by atoms with Gasteiger partial charge in [-0.2, -0.15) is 4.91 Å². The van der Waals surface area contributed by atoms with Crippen LogP contribution in [0.2, 0.25) is 0 Å². The van der Waals surface area contributed by atoms with E-state index in [4.69, 9.17) is 0 Å². The lowest BCUT2D eigenvalue weighted by molar-refractivity contribution is -0.0110. The average Bonchev–Trinajstić information content (AvgIpc) is 1.99. The summed E-state index contributed by atoms with van der Waals surface area (Å²) >= 11 is 0. The van der Waals surface area contributed by atoms with Gasteiger partial charge >= 0.3 is 0 Å². The summed E-state index contributed by atoms with van der Waals surface area (Å²) in [4.78, 5) is 12.9. The van der Waals surface area contributed by atoms with Crippen molar-refractivity contribution in [1.29, 1.82) is 0 Å². The summed E-state index contributed by atoms with van der Waals surface area (Å²) in [6, 6.07) is -0.0128. The van der Waals surface area contributed by atoms with Gasteiger partial charge in [0.15, 0.2) is 0 Å². The fourth-order valence-electron chi connectivity index (χ4n) is 2.39. The molecule has 13 heavy (non-hydrogen) atoms. The normalized spacial score (nSPS) is 28.7. The fourth-order valence-corrected chi connectivity index (χ4v) is 2.39. The summed E-state index contributed by atoms with van der Waals surface area (Å²) in [5, 5.41) is 3.20. The highest BCUT2D eigenvalue weighted by Gasteiger charge is 2.43. The van der Waals surface area contributed by atoms with Gasteiger partial charge in [0.25, 0.3) is 0 Å². The first-order chi connectivity index (χ1) is 5.79. The maximum absolute atomic E-state index is 10.6. The SMILES string of the molecule is CN1C(C)(C)CC(N=O)CC1(C)C. The molecule has 0 aromatic heterocycles. The van der Waals surface area contributed by atoms with Crippen molar-refractivity contribution in [3.05, 3.63) is 4.91 Å². The van der Waals surface area contributed by atoms with E-state index in [1.807, 2.05) is 0 Å². The number of nitrogens with zero attached hydrogens (tertiary/aromatic N) is 2. The zero-order chi connectivity index (χ0) is 10.3. The number of likely N-dealkylation sites (tertiary alicyclic amines) is 1. The minimum atomic E-state index is -0.0128. The van der Waals surface area contributed by atoms with E-state index in [1.54, 1.807) is 0 Å². The Morgan fingerprint density at radius 1 is 1.15 bits per heavy atom. The van der Waals surface area contributed by atoms with Crippen molar-refractivity contribution in [3.63, 3.8) is 0 Å². The molecule has 0 amide bonds. The minimum Gasteiger partial charge on any atom is -0.296 e. The second kappa shape index (κ2) is 3.05. The highest BCUT2D eigenvalue weighted by Crippen LogP contribution is 2.37. The number of hydrogen-bond donors (Lipinski definition) is 0. The van der Waals surface area contributed by atoms with Crippen molar-refractivity contribution < 1.29 is 0 Å². The molecule has 0 saturated carbocycles. The van der Waals surface area contributed by atoms with Crippen LogP contribution in [0.3, 0.4) is 0 Å². The lowest BCUT2D eigenvalue weighted by Crippen LogP contribution is -2.59. The maximum atomic E-state index is 10.6. The van der Waals surface area contributed by atoms with Crippen LogP contribution >= 0.6 is 0 Å². The molecular formula is C10H20N2O. The third-order valence-electron chi connectivity index (χ3n) is 3.44. The lowest BCUT2D eigenvalue weighted by atomic mass is 9.78. The van der Waals surface area contributed by atoms with Gasteiger partial charge < -0.3 is 0 Å². The molecule has 0 N–H and O–H groups in total. The molecule has 1 heterocycles. The monoisotopic (exact) mass is 184 g/mol. The van der Waals surface area contributed by atoms with E-state index in [2.05, 4.69) is 44.8 Å². The Labute approximate surface area is 80.5 Å². The average molecular weight is 184 g/mol. The number of piperidine rings is 1. The van der Waals surface area contributed by atoms with Crippen LogP contribution in [0, 0.1) is 4.91 Å². The van der Waals surface area contributed by atoms with Crippen LogP contribution in [0.4, 0.5) is 0 Å². The molecule has 0 aromatic rings. The van der Waals surface area contributed by atoms with Crippen LogP contribution in [-0.2, 0) is 0 Å². The summed E-state index contributed by atoms with van der Waals surface area (Å²) < 4.78 is 0. The third kappa shape index (κ3) is 1.90. The molecule has 76 valence electrons. The molecule has 0 spiro atoms. The first kappa shape index (κ1) is 10.6. The molecule has 1 aliphatic heterocycles. The van der Waals surface area contributed by atoms with Gasteiger partial charge in [-0.05, 0) is 47.6 Å². The van der Waals surface area contributed by atoms with Gasteiger partial charge in [0.1, 0.15) is 0 Å². The van der Waals surface area contributed by atoms with E-state index in [0.29, 0.717) is 0 Å². The standard InChI is InChI=1S/C10H20N2O/c1-9(2)6-8(11-13)7-10(3,4)12(9)5/h8H,6-7H2,1-5H3. The van der Waals surface area contributed by atoms with E-state index in [9.17, 15) is 4.91 Å². The molecule has 1 fully saturated rings. The van der Waals surface area contributed by atoms with Crippen LogP contribution in [0.5, 0.6) is 0 Å². The number of rotatable bonds is 1. The van der Waals surface area contributed by atoms with Crippen molar-refractivity contribution in [2.24, 2.45) is 5.18 Å². The van der Waals surface area contributed by atoms with Crippen molar-refractivity contribution in [2.75, 3.05) is 7.05 Å². The van der Waals surface area contributed by atoms with Gasteiger partial charge in [-0.15, -0.1) is 0 Å². The molecule has 1 aliphatic rings. The van der Waals surface area contributed by atoms with E-state index < -0.39 is 0 Å². The van der Waals surface area contributed by atoms with Gasteiger partial charge in [0.2, 0.25) is 0 Å². The van der Waals surface area contributed by atoms with Gasteiger partial charge in [-0.3, -0.25) is 4.90 Å². The third-order valence-corrected chi connectivity index (χ3v) is 3.44. The first-order valence-electron chi connectivity index (χ1n) is 4.86. The molecule has 0 aromatic carbocycles. The van der Waals surface area contributed by atoms with Gasteiger partial charge in [0, 0.05) is 11.1 Å². The lowest BCUT2D eigenvalue weighted by Gasteiger charge is -2.52. The highest BCUT2D eigenvalue weighted by atomic mass is 16.3. The maximum Gasteiger partial charge on any atom is 0.0954 e. The van der Waals surface area contributed by atoms with Crippen molar-refractivity contribution >= 4 is 0 Å². The molecular weight excluding hydrogens is 164 g/mol. The Bertz CT molecular complexity index is 193. The Balaban J connectivity index is 2.88. The van der Waals surface area contributed by atoms with Crippen molar-refractivity contribution in [1.82, 2.24) is 4.90 Å². The predicted molar refractivity (Wildman–Crippen MR) is 54.7 cm³/mol. The molecule has 0 radical (unpaired) electrons. The quantitative estimate of drug-likeness (QED) is 0.586.